The first-order valence-electron chi connectivity index (χ1n) is 15.5. The van der Waals surface area contributed by atoms with Crippen LogP contribution >= 0.6 is 0 Å². The van der Waals surface area contributed by atoms with Gasteiger partial charge in [-0.3, -0.25) is 0 Å². The molecule has 46 heavy (non-hydrogen) atoms. The van der Waals surface area contributed by atoms with Crippen LogP contribution in [0.5, 0.6) is 0 Å². The molecule has 7 aromatic carbocycles. The summed E-state index contributed by atoms with van der Waals surface area (Å²) in [6.07, 6.45) is 0. The third-order valence-corrected chi connectivity index (χ3v) is 8.93. The van der Waals surface area contributed by atoms with Gasteiger partial charge in [0.2, 0.25) is 0 Å². The second-order valence-electron chi connectivity index (χ2n) is 11.6. The maximum atomic E-state index is 14.7. The van der Waals surface area contributed by atoms with Gasteiger partial charge < -0.3 is 14.0 Å². The van der Waals surface area contributed by atoms with Crippen molar-refractivity contribution in [3.8, 4) is 11.4 Å². The van der Waals surface area contributed by atoms with Crippen molar-refractivity contribution in [2.75, 3.05) is 4.90 Å². The van der Waals surface area contributed by atoms with Crippen LogP contribution < -0.4 is 4.90 Å². The Morgan fingerprint density at radius 3 is 1.76 bits per heavy atom. The lowest BCUT2D eigenvalue weighted by Crippen LogP contribution is -2.11. The van der Waals surface area contributed by atoms with Crippen LogP contribution in [0.4, 0.5) is 21.5 Å². The van der Waals surface area contributed by atoms with Crippen LogP contribution in [0.25, 0.3) is 55.0 Å². The molecule has 3 nitrogen and oxygen atoms in total. The van der Waals surface area contributed by atoms with Crippen LogP contribution in [0.1, 0.15) is 0 Å². The van der Waals surface area contributed by atoms with E-state index < -0.39 is 0 Å². The molecule has 0 fully saturated rings. The van der Waals surface area contributed by atoms with Gasteiger partial charge in [0, 0.05) is 44.3 Å². The Hall–Kier alpha value is -6.13. The average Bonchev–Trinajstić information content (AvgIpc) is 3.62. The molecule has 4 heteroatoms. The maximum Gasteiger partial charge on any atom is 0.125 e. The second-order valence-corrected chi connectivity index (χ2v) is 11.6. The first kappa shape index (κ1) is 26.3. The minimum atomic E-state index is -0.251. The summed E-state index contributed by atoms with van der Waals surface area (Å²) in [4.78, 5) is 2.34. The highest BCUT2D eigenvalue weighted by Crippen LogP contribution is 2.44. The molecule has 0 atom stereocenters. The minimum Gasteiger partial charge on any atom is -0.309 e. The van der Waals surface area contributed by atoms with Crippen LogP contribution in [0, 0.1) is 5.82 Å². The van der Waals surface area contributed by atoms with Crippen LogP contribution in [0.3, 0.4) is 0 Å². The van der Waals surface area contributed by atoms with Crippen molar-refractivity contribution in [3.63, 3.8) is 0 Å². The minimum absolute atomic E-state index is 0.251. The summed E-state index contributed by atoms with van der Waals surface area (Å²) in [6, 6.07) is 58.1. The monoisotopic (exact) mass is 593 g/mol. The molecular weight excluding hydrogens is 565 g/mol. The summed E-state index contributed by atoms with van der Waals surface area (Å²) >= 11 is 0. The summed E-state index contributed by atoms with van der Waals surface area (Å²) < 4.78 is 19.2. The van der Waals surface area contributed by atoms with Crippen molar-refractivity contribution >= 4 is 60.7 Å². The molecular formula is C42H28FN3. The zero-order valence-electron chi connectivity index (χ0n) is 24.9. The molecule has 0 aliphatic carbocycles. The van der Waals surface area contributed by atoms with Crippen molar-refractivity contribution in [1.82, 2.24) is 9.13 Å². The number of anilines is 3. The van der Waals surface area contributed by atoms with E-state index in [9.17, 15) is 4.39 Å². The first-order chi connectivity index (χ1) is 22.8. The van der Waals surface area contributed by atoms with Gasteiger partial charge in [-0.2, -0.15) is 0 Å². The quantitative estimate of drug-likeness (QED) is 0.193. The SMILES string of the molecule is Fc1ccc2c3cc(N(c4ccccc4)c4cccc5c6ccccc6n(-c6ccccc6)c45)ccc3n(-c3ccccc3)c2c1. The Morgan fingerprint density at radius 2 is 1.00 bits per heavy atom. The lowest BCUT2D eigenvalue weighted by Gasteiger charge is -2.27. The molecule has 9 rings (SSSR count). The van der Waals surface area contributed by atoms with Crippen LogP contribution in [-0.4, -0.2) is 9.13 Å². The van der Waals surface area contributed by atoms with Gasteiger partial charge in [-0.05, 0) is 84.9 Å². The number of hydrogen-bond acceptors (Lipinski definition) is 1. The van der Waals surface area contributed by atoms with E-state index in [1.807, 2.05) is 24.3 Å². The maximum absolute atomic E-state index is 14.7. The highest BCUT2D eigenvalue weighted by atomic mass is 19.1. The molecule has 2 heterocycles. The molecule has 0 aliphatic heterocycles. The smallest absolute Gasteiger partial charge is 0.125 e. The molecule has 0 bridgehead atoms. The zero-order valence-corrected chi connectivity index (χ0v) is 24.9. The number of para-hydroxylation sites is 5. The Kier molecular flexibility index (Phi) is 6.00. The molecule has 0 spiro atoms. The van der Waals surface area contributed by atoms with Gasteiger partial charge in [-0.25, -0.2) is 4.39 Å². The predicted octanol–water partition coefficient (Wildman–Crippen LogP) is 11.5. The van der Waals surface area contributed by atoms with E-state index >= 15 is 0 Å². The predicted molar refractivity (Wildman–Crippen MR) is 190 cm³/mol. The largest absolute Gasteiger partial charge is 0.309 e. The molecule has 0 amide bonds. The molecule has 0 radical (unpaired) electrons. The van der Waals surface area contributed by atoms with Gasteiger partial charge >= 0.3 is 0 Å². The topological polar surface area (TPSA) is 13.1 Å². The van der Waals surface area contributed by atoms with Crippen LogP contribution in [0.2, 0.25) is 0 Å². The van der Waals surface area contributed by atoms with Crippen molar-refractivity contribution < 1.29 is 4.39 Å². The molecule has 0 saturated carbocycles. The van der Waals surface area contributed by atoms with E-state index in [1.54, 1.807) is 12.1 Å². The van der Waals surface area contributed by atoms with Gasteiger partial charge in [0.05, 0.1) is 27.8 Å². The molecule has 0 aliphatic rings. The Labute approximate surface area is 265 Å². The number of rotatable bonds is 5. The molecule has 9 aromatic rings. The van der Waals surface area contributed by atoms with Crippen molar-refractivity contribution in [3.05, 3.63) is 176 Å². The van der Waals surface area contributed by atoms with Gasteiger partial charge in [0.15, 0.2) is 0 Å². The number of halogens is 1. The summed E-state index contributed by atoms with van der Waals surface area (Å²) in [5.41, 5.74) is 9.41. The highest BCUT2D eigenvalue weighted by Gasteiger charge is 2.22. The Balaban J connectivity index is 1.37. The summed E-state index contributed by atoms with van der Waals surface area (Å²) in [5.74, 6) is -0.251. The van der Waals surface area contributed by atoms with E-state index in [0.29, 0.717) is 0 Å². The fraction of sp³-hybridized carbons (Fsp3) is 0. The lowest BCUT2D eigenvalue weighted by atomic mass is 10.1. The Bertz CT molecular complexity index is 2530. The highest BCUT2D eigenvalue weighted by molar-refractivity contribution is 6.15. The summed E-state index contributed by atoms with van der Waals surface area (Å²) in [6.45, 7) is 0. The third kappa shape index (κ3) is 4.04. The van der Waals surface area contributed by atoms with E-state index in [2.05, 4.69) is 147 Å². The van der Waals surface area contributed by atoms with Gasteiger partial charge in [-0.1, -0.05) is 84.9 Å². The fourth-order valence-corrected chi connectivity index (χ4v) is 7.01. The molecule has 2 aromatic heterocycles. The van der Waals surface area contributed by atoms with Crippen LogP contribution in [0.15, 0.2) is 170 Å². The molecule has 0 N–H and O–H groups in total. The van der Waals surface area contributed by atoms with E-state index in [0.717, 1.165) is 61.3 Å². The van der Waals surface area contributed by atoms with Crippen molar-refractivity contribution in [2.24, 2.45) is 0 Å². The molecule has 0 unspecified atom stereocenters. The number of aromatic nitrogens is 2. The summed E-state index contributed by atoms with van der Waals surface area (Å²) in [5, 5.41) is 4.47. The normalized spacial score (nSPS) is 11.6. The summed E-state index contributed by atoms with van der Waals surface area (Å²) in [7, 11) is 0. The fourth-order valence-electron chi connectivity index (χ4n) is 7.01. The van der Waals surface area contributed by atoms with Crippen molar-refractivity contribution in [2.45, 2.75) is 0 Å². The number of hydrogen-bond donors (Lipinski definition) is 0. The Morgan fingerprint density at radius 1 is 0.391 bits per heavy atom. The standard InChI is InChI=1S/C42H28FN3/c43-29-23-25-35-37-28-33(24-26-39(37)45(41(35)27-29)31-15-6-2-7-16-31)44(30-13-4-1-5-14-30)40-22-12-20-36-34-19-10-11-21-38(34)46(42(36)40)32-17-8-3-9-18-32/h1-28H. The molecule has 218 valence electrons. The zero-order chi connectivity index (χ0) is 30.6. The number of fused-ring (bicyclic) bond motifs is 6. The molecule has 0 saturated heterocycles. The second kappa shape index (κ2) is 10.5. The van der Waals surface area contributed by atoms with E-state index in [4.69, 9.17) is 0 Å². The van der Waals surface area contributed by atoms with Gasteiger partial charge in [0.25, 0.3) is 0 Å². The van der Waals surface area contributed by atoms with Crippen molar-refractivity contribution in [1.29, 1.82) is 0 Å². The lowest BCUT2D eigenvalue weighted by molar-refractivity contribution is 0.629. The van der Waals surface area contributed by atoms with Gasteiger partial charge in [-0.15, -0.1) is 0 Å². The number of nitrogens with zero attached hydrogens (tertiary/aromatic N) is 3. The first-order valence-corrected chi connectivity index (χ1v) is 15.5. The van der Waals surface area contributed by atoms with E-state index in [1.165, 1.54) is 10.8 Å². The van der Waals surface area contributed by atoms with Crippen LogP contribution in [-0.2, 0) is 0 Å². The van der Waals surface area contributed by atoms with E-state index in [-0.39, 0.29) is 5.82 Å². The third-order valence-electron chi connectivity index (χ3n) is 8.93. The number of benzene rings is 7. The van der Waals surface area contributed by atoms with Gasteiger partial charge in [0.1, 0.15) is 5.82 Å². The average molecular weight is 594 g/mol.